The second kappa shape index (κ2) is 5.85. The molecule has 0 atom stereocenters. The van der Waals surface area contributed by atoms with Crippen molar-refractivity contribution >= 4 is 5.97 Å². The Bertz CT molecular complexity index is 176. The van der Waals surface area contributed by atoms with E-state index in [0.717, 1.165) is 0 Å². The number of halogens is 3. The zero-order chi connectivity index (χ0) is 11.2. The molecule has 0 bridgehead atoms. The van der Waals surface area contributed by atoms with Gasteiger partial charge in [0.25, 0.3) is 0 Å². The zero-order valence-corrected chi connectivity index (χ0v) is 7.99. The molecule has 1 N–H and O–H groups in total. The van der Waals surface area contributed by atoms with Gasteiger partial charge in [0.15, 0.2) is 0 Å². The molecule has 0 aromatic rings. The van der Waals surface area contributed by atoms with Gasteiger partial charge < -0.3 is 14.8 Å². The largest absolute Gasteiger partial charge is 0.542 e. The number of hydrogen-bond donors (Lipinski definition) is 1. The molecule has 1 rings (SSSR count). The van der Waals surface area contributed by atoms with Gasteiger partial charge >= 0.3 is 6.18 Å². The molecule has 0 unspecified atom stereocenters. The monoisotopic (exact) mass is 213 g/mol. The molecule has 0 saturated carbocycles. The molecule has 14 heavy (non-hydrogen) atoms. The van der Waals surface area contributed by atoms with Crippen LogP contribution in [0, 0.1) is 0 Å². The number of hydrogen-bond acceptors (Lipinski definition) is 2. The maximum Gasteiger partial charge on any atom is 0.430 e. The molecule has 0 radical (unpaired) electrons. The number of carboxylic acids is 1. The summed E-state index contributed by atoms with van der Waals surface area (Å²) in [4.78, 5) is 10.6. The minimum absolute atomic E-state index is 1.33. The Kier molecular flexibility index (Phi) is 5.52. The first-order valence-corrected chi connectivity index (χ1v) is 4.49. The van der Waals surface area contributed by atoms with Crippen LogP contribution in [0.3, 0.4) is 0 Å². The summed E-state index contributed by atoms with van der Waals surface area (Å²) in [5.74, 6) is -3.01. The van der Waals surface area contributed by atoms with Crippen LogP contribution in [0.4, 0.5) is 13.2 Å². The lowest BCUT2D eigenvalue weighted by molar-refractivity contribution is -0.885. The van der Waals surface area contributed by atoms with E-state index >= 15 is 0 Å². The molecule has 3 nitrogen and oxygen atoms in total. The second-order valence-corrected chi connectivity index (χ2v) is 3.10. The minimum Gasteiger partial charge on any atom is -0.542 e. The number of carbonyl (C=O) groups is 1. The van der Waals surface area contributed by atoms with Crippen molar-refractivity contribution in [1.82, 2.24) is 0 Å². The Hall–Kier alpha value is -0.780. The predicted molar refractivity (Wildman–Crippen MR) is 41.5 cm³/mol. The maximum absolute atomic E-state index is 10.5. The van der Waals surface area contributed by atoms with Gasteiger partial charge in [-0.2, -0.15) is 13.2 Å². The lowest BCUT2D eigenvalue weighted by Gasteiger charge is -2.05. The third-order valence-corrected chi connectivity index (χ3v) is 2.04. The first-order valence-electron chi connectivity index (χ1n) is 4.49. The van der Waals surface area contributed by atoms with Crippen LogP contribution in [-0.4, -0.2) is 31.8 Å². The average molecular weight is 213 g/mol. The lowest BCUT2D eigenvalue weighted by atomic mass is 10.4. The first kappa shape index (κ1) is 13.2. The summed E-state index contributed by atoms with van der Waals surface area (Å²) in [6, 6.07) is 0. The van der Waals surface area contributed by atoms with E-state index in [4.69, 9.17) is 9.90 Å². The molecule has 84 valence electrons. The zero-order valence-electron chi connectivity index (χ0n) is 7.99. The van der Waals surface area contributed by atoms with Crippen LogP contribution in [0.2, 0.25) is 0 Å². The molecule has 1 aliphatic rings. The van der Waals surface area contributed by atoms with Crippen LogP contribution in [0.25, 0.3) is 0 Å². The summed E-state index contributed by atoms with van der Waals surface area (Å²) in [6.45, 7) is 6.45. The van der Waals surface area contributed by atoms with Crippen molar-refractivity contribution in [2.24, 2.45) is 0 Å². The quantitative estimate of drug-likeness (QED) is 0.606. The summed E-state index contributed by atoms with van der Waals surface area (Å²) < 4.78 is 31.5. The van der Waals surface area contributed by atoms with E-state index in [9.17, 15) is 13.2 Å². The van der Waals surface area contributed by atoms with E-state index in [-0.39, 0.29) is 0 Å². The van der Waals surface area contributed by atoms with Crippen molar-refractivity contribution in [3.05, 3.63) is 0 Å². The molecule has 1 heterocycles. The molecule has 0 aromatic carbocycles. The lowest BCUT2D eigenvalue weighted by Crippen LogP contribution is -3.09. The smallest absolute Gasteiger partial charge is 0.430 e. The normalized spacial score (nSPS) is 17.4. The molecule has 0 aliphatic carbocycles. The Morgan fingerprint density at radius 3 is 1.86 bits per heavy atom. The van der Waals surface area contributed by atoms with Gasteiger partial charge in [-0.15, -0.1) is 0 Å². The van der Waals surface area contributed by atoms with E-state index < -0.39 is 12.1 Å². The van der Waals surface area contributed by atoms with Gasteiger partial charge in [0, 0.05) is 12.8 Å². The third kappa shape index (κ3) is 5.80. The van der Waals surface area contributed by atoms with Crippen molar-refractivity contribution in [2.45, 2.75) is 25.9 Å². The number of carbonyl (C=O) groups excluding carboxylic acids is 1. The van der Waals surface area contributed by atoms with Gasteiger partial charge in [-0.3, -0.25) is 0 Å². The molecule has 1 aliphatic heterocycles. The third-order valence-electron chi connectivity index (χ3n) is 2.04. The number of rotatable bonds is 1. The second-order valence-electron chi connectivity index (χ2n) is 3.10. The van der Waals surface area contributed by atoms with Crippen molar-refractivity contribution in [1.29, 1.82) is 0 Å². The molecule has 1 saturated heterocycles. The number of quaternary nitrogens is 1. The fraction of sp³-hybridized carbons (Fsp3) is 0.875. The highest BCUT2D eigenvalue weighted by Crippen LogP contribution is 2.11. The molecular formula is C8H14F3NO2. The van der Waals surface area contributed by atoms with E-state index in [1.54, 1.807) is 4.90 Å². The van der Waals surface area contributed by atoms with Crippen molar-refractivity contribution in [2.75, 3.05) is 19.6 Å². The highest BCUT2D eigenvalue weighted by Gasteiger charge is 2.28. The van der Waals surface area contributed by atoms with Gasteiger partial charge in [0.2, 0.25) is 0 Å². The van der Waals surface area contributed by atoms with E-state index in [0.29, 0.717) is 0 Å². The van der Waals surface area contributed by atoms with Crippen LogP contribution in [0.15, 0.2) is 0 Å². The summed E-state index contributed by atoms with van der Waals surface area (Å²) >= 11 is 0. The molecule has 0 amide bonds. The Morgan fingerprint density at radius 2 is 1.71 bits per heavy atom. The SMILES string of the molecule is CC[NH+]1CCCC1.O=C([O-])C(F)(F)F. The number of nitrogens with one attached hydrogen (secondary N) is 1. The molecule has 0 spiro atoms. The van der Waals surface area contributed by atoms with Gasteiger partial charge in [0.1, 0.15) is 5.97 Å². The van der Waals surface area contributed by atoms with Crippen molar-refractivity contribution < 1.29 is 28.0 Å². The van der Waals surface area contributed by atoms with Gasteiger partial charge in [0.05, 0.1) is 19.6 Å². The molecule has 0 aromatic heterocycles. The molecule has 1 fully saturated rings. The fourth-order valence-corrected chi connectivity index (χ4v) is 1.23. The van der Waals surface area contributed by atoms with Crippen LogP contribution >= 0.6 is 0 Å². The Morgan fingerprint density at radius 1 is 1.36 bits per heavy atom. The topological polar surface area (TPSA) is 44.6 Å². The van der Waals surface area contributed by atoms with Crippen LogP contribution in [-0.2, 0) is 4.79 Å². The minimum atomic E-state index is -5.19. The summed E-state index contributed by atoms with van der Waals surface area (Å²) in [5.41, 5.74) is 0. The fourth-order valence-electron chi connectivity index (χ4n) is 1.23. The predicted octanol–water partition coefficient (Wildman–Crippen LogP) is -1.02. The Balaban J connectivity index is 0.000000241. The van der Waals surface area contributed by atoms with E-state index in [1.165, 1.54) is 32.5 Å². The van der Waals surface area contributed by atoms with E-state index in [2.05, 4.69) is 6.92 Å². The molecular weight excluding hydrogens is 199 g/mol. The number of likely N-dealkylation sites (tertiary alicyclic amines) is 1. The number of aliphatic carboxylic acids is 1. The first-order chi connectivity index (χ1) is 6.38. The van der Waals surface area contributed by atoms with Gasteiger partial charge in [-0.25, -0.2) is 0 Å². The molecule has 6 heteroatoms. The van der Waals surface area contributed by atoms with Gasteiger partial charge in [-0.1, -0.05) is 0 Å². The standard InChI is InChI=1S/C6H13N.C2HF3O2/c1-2-7-5-3-4-6-7;3-2(4,5)1(6)7/h2-6H2,1H3;(H,6,7). The van der Waals surface area contributed by atoms with E-state index in [1.807, 2.05) is 0 Å². The number of alkyl halides is 3. The van der Waals surface area contributed by atoms with Gasteiger partial charge in [-0.05, 0) is 6.92 Å². The van der Waals surface area contributed by atoms with Crippen LogP contribution in [0.1, 0.15) is 19.8 Å². The average Bonchev–Trinajstić information content (AvgIpc) is 2.54. The maximum atomic E-state index is 10.5. The summed E-state index contributed by atoms with van der Waals surface area (Å²) in [6.07, 6.45) is -2.27. The van der Waals surface area contributed by atoms with Crippen LogP contribution < -0.4 is 10.0 Å². The highest BCUT2D eigenvalue weighted by molar-refractivity contribution is 5.70. The highest BCUT2D eigenvalue weighted by atomic mass is 19.4. The Labute approximate surface area is 80.5 Å². The van der Waals surface area contributed by atoms with Crippen molar-refractivity contribution in [3.63, 3.8) is 0 Å². The van der Waals surface area contributed by atoms with Crippen LogP contribution in [0.5, 0.6) is 0 Å². The number of carboxylic acid groups (broad SMARTS) is 1. The summed E-state index contributed by atoms with van der Waals surface area (Å²) in [5, 5.41) is 8.78. The summed E-state index contributed by atoms with van der Waals surface area (Å²) in [7, 11) is 0. The van der Waals surface area contributed by atoms with Crippen molar-refractivity contribution in [3.8, 4) is 0 Å².